The fraction of sp³-hybridized carbons (Fsp3) is 0.607. The molecular formula is C28H40ClN3O6. The van der Waals surface area contributed by atoms with Gasteiger partial charge < -0.3 is 24.0 Å². The number of nitrogens with zero attached hydrogens (tertiary/aromatic N) is 3. The van der Waals surface area contributed by atoms with E-state index in [1.807, 2.05) is 45.0 Å². The summed E-state index contributed by atoms with van der Waals surface area (Å²) >= 11 is 6.12. The van der Waals surface area contributed by atoms with E-state index >= 15 is 0 Å². The van der Waals surface area contributed by atoms with Crippen molar-refractivity contribution in [2.24, 2.45) is 0 Å². The molecule has 2 heterocycles. The zero-order valence-electron chi connectivity index (χ0n) is 23.3. The molecule has 0 saturated carbocycles. The number of benzene rings is 1. The summed E-state index contributed by atoms with van der Waals surface area (Å²) in [5, 5.41) is 0.616. The van der Waals surface area contributed by atoms with E-state index in [9.17, 15) is 14.4 Å². The number of likely N-dealkylation sites (tertiary alicyclic amines) is 1. The molecule has 2 fully saturated rings. The second-order valence-corrected chi connectivity index (χ2v) is 11.9. The van der Waals surface area contributed by atoms with Crippen LogP contribution in [0.1, 0.15) is 53.0 Å². The van der Waals surface area contributed by atoms with Gasteiger partial charge in [0.25, 0.3) is 0 Å². The van der Waals surface area contributed by atoms with E-state index in [1.54, 1.807) is 30.7 Å². The van der Waals surface area contributed by atoms with Gasteiger partial charge in [-0.1, -0.05) is 36.4 Å². The van der Waals surface area contributed by atoms with Gasteiger partial charge in [-0.3, -0.25) is 9.69 Å². The van der Waals surface area contributed by atoms with Gasteiger partial charge in [-0.25, -0.2) is 9.59 Å². The van der Waals surface area contributed by atoms with E-state index in [1.165, 1.54) is 11.0 Å². The van der Waals surface area contributed by atoms with Crippen molar-refractivity contribution in [3.63, 3.8) is 0 Å². The van der Waals surface area contributed by atoms with Crippen LogP contribution >= 0.6 is 11.6 Å². The Morgan fingerprint density at radius 1 is 1.21 bits per heavy atom. The fourth-order valence-corrected chi connectivity index (χ4v) is 5.23. The molecule has 0 spiro atoms. The van der Waals surface area contributed by atoms with Crippen LogP contribution in [0.15, 0.2) is 36.9 Å². The second kappa shape index (κ2) is 11.5. The Balaban J connectivity index is 1.94. The highest BCUT2D eigenvalue weighted by Gasteiger charge is 2.52. The zero-order chi connectivity index (χ0) is 28.3. The first-order valence-electron chi connectivity index (χ1n) is 12.9. The molecule has 2 aliphatic rings. The van der Waals surface area contributed by atoms with Crippen LogP contribution in [0.5, 0.6) is 0 Å². The highest BCUT2D eigenvalue weighted by molar-refractivity contribution is 6.30. The molecule has 210 valence electrons. The van der Waals surface area contributed by atoms with Crippen molar-refractivity contribution in [1.29, 1.82) is 0 Å². The summed E-state index contributed by atoms with van der Waals surface area (Å²) < 4.78 is 16.8. The van der Waals surface area contributed by atoms with Crippen LogP contribution in [0, 0.1) is 0 Å². The zero-order valence-corrected chi connectivity index (χ0v) is 24.0. The Morgan fingerprint density at radius 2 is 1.87 bits per heavy atom. The maximum Gasteiger partial charge on any atom is 0.413 e. The van der Waals surface area contributed by atoms with Gasteiger partial charge in [0.15, 0.2) is 0 Å². The van der Waals surface area contributed by atoms with Gasteiger partial charge in [0.05, 0.1) is 12.1 Å². The fourth-order valence-electron chi connectivity index (χ4n) is 5.10. The lowest BCUT2D eigenvalue weighted by molar-refractivity contribution is -0.143. The van der Waals surface area contributed by atoms with Crippen LogP contribution in [0.3, 0.4) is 0 Å². The average Bonchev–Trinajstić information content (AvgIpc) is 3.17. The first-order chi connectivity index (χ1) is 17.7. The number of amides is 3. The molecule has 3 rings (SSSR count). The van der Waals surface area contributed by atoms with Gasteiger partial charge in [-0.15, -0.1) is 0 Å². The molecule has 0 bridgehead atoms. The molecule has 0 radical (unpaired) electrons. The third-order valence-corrected chi connectivity index (χ3v) is 7.24. The van der Waals surface area contributed by atoms with Gasteiger partial charge in [0.2, 0.25) is 5.91 Å². The molecule has 2 saturated heterocycles. The van der Waals surface area contributed by atoms with Crippen molar-refractivity contribution >= 4 is 29.7 Å². The lowest BCUT2D eigenvalue weighted by atomic mass is 9.81. The standard InChI is InChI=1S/C28H40ClN3O6/c1-8-16-36-25(35)32-22(18-37-27(32,5)6)23(33)30(7)28(17-20-10-12-21(29)13-11-20)14-9-15-31(19-28)24(34)38-26(2,3)4/h8,10-13,22H,1,9,14-19H2,2-7H3/t22-,28+/m0/s1. The summed E-state index contributed by atoms with van der Waals surface area (Å²) in [5.74, 6) is -0.286. The molecule has 1 aromatic carbocycles. The first kappa shape index (κ1) is 29.8. The summed E-state index contributed by atoms with van der Waals surface area (Å²) in [6.07, 6.45) is 2.24. The predicted octanol–water partition coefficient (Wildman–Crippen LogP) is 4.87. The van der Waals surface area contributed by atoms with Gasteiger partial charge in [-0.2, -0.15) is 0 Å². The number of carbonyl (C=O) groups is 3. The van der Waals surface area contributed by atoms with Crippen molar-refractivity contribution in [1.82, 2.24) is 14.7 Å². The largest absolute Gasteiger partial charge is 0.445 e. The maximum absolute atomic E-state index is 14.1. The van der Waals surface area contributed by atoms with Crippen molar-refractivity contribution in [2.75, 3.05) is 33.4 Å². The molecule has 9 nitrogen and oxygen atoms in total. The lowest BCUT2D eigenvalue weighted by Crippen LogP contribution is -2.64. The Bertz CT molecular complexity index is 1040. The summed E-state index contributed by atoms with van der Waals surface area (Å²) in [5.41, 5.74) is -1.44. The topological polar surface area (TPSA) is 88.6 Å². The Kier molecular flexibility index (Phi) is 9.04. The van der Waals surface area contributed by atoms with E-state index in [4.69, 9.17) is 25.8 Å². The Morgan fingerprint density at radius 3 is 2.47 bits per heavy atom. The quantitative estimate of drug-likeness (QED) is 0.470. The number of hydrogen-bond donors (Lipinski definition) is 0. The highest BCUT2D eigenvalue weighted by Crippen LogP contribution is 2.35. The molecular weight excluding hydrogens is 510 g/mol. The van der Waals surface area contributed by atoms with E-state index in [0.717, 1.165) is 5.56 Å². The minimum atomic E-state index is -1.03. The molecule has 0 aromatic heterocycles. The van der Waals surface area contributed by atoms with Crippen molar-refractivity contribution in [3.05, 3.63) is 47.5 Å². The average molecular weight is 550 g/mol. The van der Waals surface area contributed by atoms with Gasteiger partial charge >= 0.3 is 12.2 Å². The van der Waals surface area contributed by atoms with Crippen LogP contribution in [0.2, 0.25) is 5.02 Å². The van der Waals surface area contributed by atoms with Crippen molar-refractivity contribution < 1.29 is 28.6 Å². The van der Waals surface area contributed by atoms with Crippen molar-refractivity contribution in [2.45, 2.75) is 76.8 Å². The van der Waals surface area contributed by atoms with Crippen molar-refractivity contribution in [3.8, 4) is 0 Å². The number of ether oxygens (including phenoxy) is 3. The lowest BCUT2D eigenvalue weighted by Gasteiger charge is -2.49. The van der Waals surface area contributed by atoms with Gasteiger partial charge in [0.1, 0.15) is 24.0 Å². The molecule has 0 unspecified atom stereocenters. The molecule has 38 heavy (non-hydrogen) atoms. The van der Waals surface area contributed by atoms with Crippen LogP contribution in [-0.4, -0.2) is 89.1 Å². The predicted molar refractivity (Wildman–Crippen MR) is 145 cm³/mol. The molecule has 2 aliphatic heterocycles. The third-order valence-electron chi connectivity index (χ3n) is 6.99. The number of piperidine rings is 1. The normalized spacial score (nSPS) is 23.1. The van der Waals surface area contributed by atoms with E-state index < -0.39 is 35.1 Å². The van der Waals surface area contributed by atoms with Crippen LogP contribution in [0.4, 0.5) is 9.59 Å². The van der Waals surface area contributed by atoms with Crippen LogP contribution < -0.4 is 0 Å². The smallest absolute Gasteiger partial charge is 0.413 e. The molecule has 10 heteroatoms. The summed E-state index contributed by atoms with van der Waals surface area (Å²) in [7, 11) is 1.73. The molecule has 0 aliphatic carbocycles. The van der Waals surface area contributed by atoms with E-state index in [0.29, 0.717) is 30.8 Å². The second-order valence-electron chi connectivity index (χ2n) is 11.4. The minimum absolute atomic E-state index is 0.0213. The first-order valence-corrected chi connectivity index (χ1v) is 13.3. The van der Waals surface area contributed by atoms with E-state index in [-0.39, 0.29) is 25.7 Å². The highest BCUT2D eigenvalue weighted by atomic mass is 35.5. The monoisotopic (exact) mass is 549 g/mol. The van der Waals surface area contributed by atoms with E-state index in [2.05, 4.69) is 6.58 Å². The van der Waals surface area contributed by atoms with Gasteiger partial charge in [0, 0.05) is 25.2 Å². The number of halogens is 1. The number of hydrogen-bond acceptors (Lipinski definition) is 6. The molecule has 2 atom stereocenters. The summed E-state index contributed by atoms with van der Waals surface area (Å²) in [6, 6.07) is 6.59. The maximum atomic E-state index is 14.1. The summed E-state index contributed by atoms with van der Waals surface area (Å²) in [6.45, 7) is 13.4. The molecule has 3 amide bonds. The minimum Gasteiger partial charge on any atom is -0.445 e. The summed E-state index contributed by atoms with van der Waals surface area (Å²) in [4.78, 5) is 44.8. The Labute approximate surface area is 230 Å². The number of carbonyl (C=O) groups excluding carboxylic acids is 3. The van der Waals surface area contributed by atoms with Crippen LogP contribution in [-0.2, 0) is 25.4 Å². The molecule has 1 aromatic rings. The number of rotatable bonds is 6. The molecule has 0 N–H and O–H groups in total. The van der Waals surface area contributed by atoms with Gasteiger partial charge in [-0.05, 0) is 71.6 Å². The number of likely N-dealkylation sites (N-methyl/N-ethyl adjacent to an activating group) is 1. The third kappa shape index (κ3) is 6.80. The van der Waals surface area contributed by atoms with Crippen LogP contribution in [0.25, 0.3) is 0 Å². The SMILES string of the molecule is C=CCOC(=O)N1[C@H](C(=O)N(C)[C@@]2(Cc3ccc(Cl)cc3)CCCN(C(=O)OC(C)(C)C)C2)COC1(C)C. The Hall–Kier alpha value is -2.78.